The third kappa shape index (κ3) is 5.87. The second-order valence-corrected chi connectivity index (χ2v) is 9.81. The van der Waals surface area contributed by atoms with E-state index in [2.05, 4.69) is 5.32 Å². The van der Waals surface area contributed by atoms with Gasteiger partial charge in [-0.25, -0.2) is 4.98 Å². The number of imidazole rings is 1. The lowest BCUT2D eigenvalue weighted by molar-refractivity contribution is -0.119. The zero-order chi connectivity index (χ0) is 25.7. The van der Waals surface area contributed by atoms with Crippen LogP contribution >= 0.6 is 0 Å². The number of ether oxygens (including phenoxy) is 1. The van der Waals surface area contributed by atoms with Crippen LogP contribution < -0.4 is 15.1 Å². The Labute approximate surface area is 213 Å². The number of aromatic nitrogens is 2. The summed E-state index contributed by atoms with van der Waals surface area (Å²) >= 11 is 0. The number of anilines is 3. The molecule has 36 heavy (non-hydrogen) atoms. The molecule has 0 aliphatic heterocycles. The van der Waals surface area contributed by atoms with E-state index in [1.807, 2.05) is 67.0 Å². The normalized spacial score (nSPS) is 13.8. The summed E-state index contributed by atoms with van der Waals surface area (Å²) in [6.45, 7) is 1.25. The van der Waals surface area contributed by atoms with Crippen molar-refractivity contribution in [2.75, 3.05) is 50.0 Å². The van der Waals surface area contributed by atoms with Crippen molar-refractivity contribution in [2.45, 2.75) is 45.1 Å². The Kier molecular flexibility index (Phi) is 8.25. The van der Waals surface area contributed by atoms with Gasteiger partial charge in [-0.1, -0.05) is 18.9 Å². The smallest absolute Gasteiger partial charge is 0.258 e. The number of nitrogens with one attached hydrogen (secondary N) is 1. The summed E-state index contributed by atoms with van der Waals surface area (Å²) in [6.07, 6.45) is 6.11. The molecule has 1 N–H and O–H groups in total. The Morgan fingerprint density at radius 2 is 1.86 bits per heavy atom. The molecule has 1 aliphatic carbocycles. The molecule has 0 atom stereocenters. The Morgan fingerprint density at radius 3 is 2.58 bits per heavy atom. The van der Waals surface area contributed by atoms with Crippen molar-refractivity contribution >= 4 is 40.2 Å². The number of nitrogens with zero attached hydrogens (tertiary/aromatic N) is 4. The third-order valence-corrected chi connectivity index (χ3v) is 7.01. The molecule has 2 amide bonds. The molecular formula is C28H37N5O3. The van der Waals surface area contributed by atoms with Gasteiger partial charge in [0.05, 0.1) is 11.0 Å². The van der Waals surface area contributed by atoms with Gasteiger partial charge in [-0.15, -0.1) is 0 Å². The van der Waals surface area contributed by atoms with E-state index in [-0.39, 0.29) is 11.8 Å². The average molecular weight is 492 g/mol. The minimum atomic E-state index is -0.217. The fourth-order valence-electron chi connectivity index (χ4n) is 4.86. The van der Waals surface area contributed by atoms with E-state index in [1.54, 1.807) is 18.1 Å². The molecule has 8 heteroatoms. The van der Waals surface area contributed by atoms with Gasteiger partial charge in [0.1, 0.15) is 0 Å². The highest BCUT2D eigenvalue weighted by Crippen LogP contribution is 2.30. The Balaban J connectivity index is 1.59. The second-order valence-electron chi connectivity index (χ2n) is 9.81. The monoisotopic (exact) mass is 491 g/mol. The number of carbonyl (C=O) groups excluding carboxylic acids is 2. The molecule has 1 heterocycles. The van der Waals surface area contributed by atoms with Crippen LogP contribution in [0.3, 0.4) is 0 Å². The summed E-state index contributed by atoms with van der Waals surface area (Å²) in [5.41, 5.74) is 3.97. The SMILES string of the molecule is COCCCn1c(NC(=O)c2cccc(N(C)C)c2)nc2cc(N(C)C(=O)CC3CCCC3)ccc21. The van der Waals surface area contributed by atoms with Crippen LogP contribution in [0.2, 0.25) is 0 Å². The Hall–Kier alpha value is -3.39. The Bertz CT molecular complexity index is 1210. The quantitative estimate of drug-likeness (QED) is 0.407. The maximum absolute atomic E-state index is 13.1. The first-order valence-corrected chi connectivity index (χ1v) is 12.7. The zero-order valence-electron chi connectivity index (χ0n) is 21.8. The summed E-state index contributed by atoms with van der Waals surface area (Å²) in [7, 11) is 7.39. The lowest BCUT2D eigenvalue weighted by Crippen LogP contribution is -2.27. The van der Waals surface area contributed by atoms with Gasteiger partial charge < -0.3 is 19.1 Å². The second kappa shape index (κ2) is 11.6. The minimum Gasteiger partial charge on any atom is -0.385 e. The number of hydrogen-bond acceptors (Lipinski definition) is 5. The fourth-order valence-corrected chi connectivity index (χ4v) is 4.86. The first-order valence-electron chi connectivity index (χ1n) is 12.7. The largest absolute Gasteiger partial charge is 0.385 e. The molecule has 0 spiro atoms. The number of benzene rings is 2. The van der Waals surface area contributed by atoms with Gasteiger partial charge in [-0.05, 0) is 61.6 Å². The molecule has 0 unspecified atom stereocenters. The fraction of sp³-hybridized carbons (Fsp3) is 0.464. The number of aryl methyl sites for hydroxylation is 1. The number of fused-ring (bicyclic) bond motifs is 1. The van der Waals surface area contributed by atoms with Gasteiger partial charge in [0.25, 0.3) is 5.91 Å². The first kappa shape index (κ1) is 25.7. The maximum Gasteiger partial charge on any atom is 0.258 e. The molecule has 0 radical (unpaired) electrons. The first-order chi connectivity index (χ1) is 17.4. The standard InChI is InChI=1S/C28H37N5O3/c1-31(2)22-12-7-11-21(18-22)27(35)30-28-29-24-19-23(13-14-25(24)33(28)15-8-16-36-4)32(3)26(34)17-20-9-5-6-10-20/h7,11-14,18-20H,5-6,8-10,15-17H2,1-4H3,(H,29,30,35). The molecule has 4 rings (SSSR count). The van der Waals surface area contributed by atoms with Gasteiger partial charge in [0.15, 0.2) is 0 Å². The molecule has 1 aliphatic rings. The molecule has 1 aromatic heterocycles. The lowest BCUT2D eigenvalue weighted by Gasteiger charge is -2.19. The molecule has 8 nitrogen and oxygen atoms in total. The van der Waals surface area contributed by atoms with Gasteiger partial charge >= 0.3 is 0 Å². The van der Waals surface area contributed by atoms with Crippen LogP contribution in [0.4, 0.5) is 17.3 Å². The topological polar surface area (TPSA) is 79.7 Å². The average Bonchev–Trinajstić information content (AvgIpc) is 3.51. The van der Waals surface area contributed by atoms with Gasteiger partial charge in [0, 0.05) is 64.8 Å². The van der Waals surface area contributed by atoms with Crippen LogP contribution in [-0.2, 0) is 16.1 Å². The van der Waals surface area contributed by atoms with Crippen LogP contribution in [0, 0.1) is 5.92 Å². The lowest BCUT2D eigenvalue weighted by atomic mass is 10.0. The van der Waals surface area contributed by atoms with E-state index in [0.717, 1.165) is 41.7 Å². The van der Waals surface area contributed by atoms with Crippen LogP contribution in [0.1, 0.15) is 48.9 Å². The molecule has 0 bridgehead atoms. The summed E-state index contributed by atoms with van der Waals surface area (Å²) in [5.74, 6) is 0.899. The number of rotatable bonds is 10. The van der Waals surface area contributed by atoms with Crippen LogP contribution in [0.25, 0.3) is 11.0 Å². The molecule has 0 saturated heterocycles. The summed E-state index contributed by atoms with van der Waals surface area (Å²) < 4.78 is 7.25. The van der Waals surface area contributed by atoms with Crippen molar-refractivity contribution in [1.82, 2.24) is 9.55 Å². The molecule has 3 aromatic rings. The van der Waals surface area contributed by atoms with E-state index in [4.69, 9.17) is 9.72 Å². The number of methoxy groups -OCH3 is 1. The highest BCUT2D eigenvalue weighted by Gasteiger charge is 2.22. The van der Waals surface area contributed by atoms with Crippen molar-refractivity contribution < 1.29 is 14.3 Å². The van der Waals surface area contributed by atoms with Crippen molar-refractivity contribution in [3.8, 4) is 0 Å². The number of amides is 2. The molecule has 1 saturated carbocycles. The van der Waals surface area contributed by atoms with Crippen LogP contribution in [-0.4, -0.2) is 56.2 Å². The molecule has 1 fully saturated rings. The third-order valence-electron chi connectivity index (χ3n) is 7.01. The highest BCUT2D eigenvalue weighted by atomic mass is 16.5. The predicted octanol–water partition coefficient (Wildman–Crippen LogP) is 4.93. The maximum atomic E-state index is 13.1. The highest BCUT2D eigenvalue weighted by molar-refractivity contribution is 6.05. The van der Waals surface area contributed by atoms with Crippen molar-refractivity contribution in [1.29, 1.82) is 0 Å². The van der Waals surface area contributed by atoms with Crippen molar-refractivity contribution in [2.24, 2.45) is 5.92 Å². The van der Waals surface area contributed by atoms with Crippen molar-refractivity contribution in [3.05, 3.63) is 48.0 Å². The van der Waals surface area contributed by atoms with E-state index >= 15 is 0 Å². The van der Waals surface area contributed by atoms with Gasteiger partial charge in [-0.3, -0.25) is 14.9 Å². The number of hydrogen-bond donors (Lipinski definition) is 1. The number of carbonyl (C=O) groups is 2. The molecular weight excluding hydrogens is 454 g/mol. The Morgan fingerprint density at radius 1 is 1.08 bits per heavy atom. The predicted molar refractivity (Wildman–Crippen MR) is 145 cm³/mol. The van der Waals surface area contributed by atoms with Crippen molar-refractivity contribution in [3.63, 3.8) is 0 Å². The van der Waals surface area contributed by atoms with Gasteiger partial charge in [0.2, 0.25) is 11.9 Å². The van der Waals surface area contributed by atoms with Gasteiger partial charge in [-0.2, -0.15) is 0 Å². The van der Waals surface area contributed by atoms with E-state index in [0.29, 0.717) is 37.0 Å². The van der Waals surface area contributed by atoms with E-state index in [9.17, 15) is 9.59 Å². The molecule has 2 aromatic carbocycles. The van der Waals surface area contributed by atoms with Crippen LogP contribution in [0.5, 0.6) is 0 Å². The summed E-state index contributed by atoms with van der Waals surface area (Å²) in [6, 6.07) is 13.3. The minimum absolute atomic E-state index is 0.134. The summed E-state index contributed by atoms with van der Waals surface area (Å²) in [4.78, 5) is 34.5. The molecule has 192 valence electrons. The van der Waals surface area contributed by atoms with E-state index < -0.39 is 0 Å². The summed E-state index contributed by atoms with van der Waals surface area (Å²) in [5, 5.41) is 3.00. The van der Waals surface area contributed by atoms with E-state index in [1.165, 1.54) is 12.8 Å². The van der Waals surface area contributed by atoms with Crippen LogP contribution in [0.15, 0.2) is 42.5 Å². The zero-order valence-corrected chi connectivity index (χ0v) is 21.8.